The highest BCUT2D eigenvalue weighted by Gasteiger charge is 2.20. The van der Waals surface area contributed by atoms with E-state index in [4.69, 9.17) is 9.05 Å². The van der Waals surface area contributed by atoms with Crippen molar-refractivity contribution in [3.8, 4) is 0 Å². The summed E-state index contributed by atoms with van der Waals surface area (Å²) < 4.78 is 22.0. The molecule has 1 atom stereocenters. The Bertz CT molecular complexity index is 535. The van der Waals surface area contributed by atoms with Gasteiger partial charge in [-0.05, 0) is 12.0 Å². The number of unbranched alkanes of at least 4 members (excludes halogenated alkanes) is 15. The zero-order valence-electron chi connectivity index (χ0n) is 19.2. The first-order chi connectivity index (χ1) is 14.6. The number of benzene rings is 1. The predicted molar refractivity (Wildman–Crippen MR) is 127 cm³/mol. The van der Waals surface area contributed by atoms with Crippen molar-refractivity contribution >= 4 is 7.82 Å². The van der Waals surface area contributed by atoms with Crippen LogP contribution in [0.15, 0.2) is 30.3 Å². The van der Waals surface area contributed by atoms with E-state index in [1.165, 1.54) is 89.9 Å². The van der Waals surface area contributed by atoms with Crippen LogP contribution in [0, 0.1) is 0 Å². The Labute approximate surface area is 185 Å². The minimum absolute atomic E-state index is 0.0908. The summed E-state index contributed by atoms with van der Waals surface area (Å²) in [5, 5.41) is 0. The molecule has 174 valence electrons. The van der Waals surface area contributed by atoms with Crippen LogP contribution < -0.4 is 0 Å². The second-order valence-corrected chi connectivity index (χ2v) is 9.82. The molecule has 30 heavy (non-hydrogen) atoms. The smallest absolute Gasteiger partial charge is 0.302 e. The lowest BCUT2D eigenvalue weighted by Crippen LogP contribution is -1.98. The van der Waals surface area contributed by atoms with Crippen LogP contribution in [0.25, 0.3) is 0 Å². The Morgan fingerprint density at radius 1 is 0.667 bits per heavy atom. The predicted octanol–water partition coefficient (Wildman–Crippen LogP) is 8.58. The summed E-state index contributed by atoms with van der Waals surface area (Å²) in [6, 6.07) is 9.36. The minimum Gasteiger partial charge on any atom is -0.302 e. The Kier molecular flexibility index (Phi) is 17.4. The van der Waals surface area contributed by atoms with Gasteiger partial charge in [-0.3, -0.25) is 9.05 Å². The van der Waals surface area contributed by atoms with E-state index in [-0.39, 0.29) is 13.2 Å². The lowest BCUT2D eigenvalue weighted by molar-refractivity contribution is 0.141. The van der Waals surface area contributed by atoms with Gasteiger partial charge in [0.25, 0.3) is 0 Å². The van der Waals surface area contributed by atoms with Gasteiger partial charge in [-0.2, -0.15) is 0 Å². The van der Waals surface area contributed by atoms with E-state index < -0.39 is 7.82 Å². The summed E-state index contributed by atoms with van der Waals surface area (Å²) in [6.45, 7) is 2.64. The van der Waals surface area contributed by atoms with Crippen LogP contribution in [0.3, 0.4) is 0 Å². The van der Waals surface area contributed by atoms with Gasteiger partial charge < -0.3 is 4.89 Å². The van der Waals surface area contributed by atoms with E-state index in [2.05, 4.69) is 6.92 Å². The molecule has 0 aliphatic heterocycles. The summed E-state index contributed by atoms with van der Waals surface area (Å²) in [5.74, 6) is 0. The number of hydrogen-bond acceptors (Lipinski definition) is 3. The molecule has 0 heterocycles. The average Bonchev–Trinajstić information content (AvgIpc) is 2.75. The third kappa shape index (κ3) is 17.1. The second-order valence-electron chi connectivity index (χ2n) is 8.36. The molecule has 0 spiro atoms. The quantitative estimate of drug-likeness (QED) is 0.154. The van der Waals surface area contributed by atoms with Gasteiger partial charge in [0.2, 0.25) is 0 Å². The van der Waals surface area contributed by atoms with Gasteiger partial charge in [-0.25, -0.2) is 4.57 Å². The van der Waals surface area contributed by atoms with Crippen molar-refractivity contribution in [2.45, 2.75) is 116 Å². The molecule has 0 aliphatic carbocycles. The molecule has 1 unspecified atom stereocenters. The first kappa shape index (κ1) is 27.4. The van der Waals surface area contributed by atoms with Crippen LogP contribution in [0.1, 0.15) is 115 Å². The molecular weight excluding hydrogens is 395 g/mol. The summed E-state index contributed by atoms with van der Waals surface area (Å²) in [4.78, 5) is 9.71. The highest BCUT2D eigenvalue weighted by molar-refractivity contribution is 7.47. The minimum atomic E-state index is -3.95. The molecule has 0 saturated carbocycles. The molecule has 0 bridgehead atoms. The van der Waals surface area contributed by atoms with Gasteiger partial charge in [-0.15, -0.1) is 0 Å². The van der Waals surface area contributed by atoms with Crippen molar-refractivity contribution < 1.29 is 18.5 Å². The SMILES string of the molecule is CCCCCCCCCCCCCCCCCCOP(=O)(O)OCc1ccccc1. The Balaban J connectivity index is 1.81. The molecule has 0 saturated heterocycles. The van der Waals surface area contributed by atoms with E-state index >= 15 is 0 Å². The molecule has 1 N–H and O–H groups in total. The van der Waals surface area contributed by atoms with E-state index in [1.807, 2.05) is 30.3 Å². The summed E-state index contributed by atoms with van der Waals surface area (Å²) >= 11 is 0. The van der Waals surface area contributed by atoms with Gasteiger partial charge in [0.1, 0.15) is 0 Å². The normalized spacial score (nSPS) is 13.4. The monoisotopic (exact) mass is 440 g/mol. The first-order valence-corrected chi connectivity index (χ1v) is 13.8. The fourth-order valence-electron chi connectivity index (χ4n) is 3.60. The molecule has 0 fully saturated rings. The molecule has 0 radical (unpaired) electrons. The van der Waals surface area contributed by atoms with Crippen LogP contribution >= 0.6 is 7.82 Å². The van der Waals surface area contributed by atoms with Crippen LogP contribution in [0.5, 0.6) is 0 Å². The Hall–Kier alpha value is -0.670. The second kappa shape index (κ2) is 19.0. The third-order valence-electron chi connectivity index (χ3n) is 5.49. The van der Waals surface area contributed by atoms with Gasteiger partial charge in [0.05, 0.1) is 13.2 Å². The highest BCUT2D eigenvalue weighted by atomic mass is 31.2. The molecule has 1 rings (SSSR count). The molecule has 1 aromatic rings. The zero-order chi connectivity index (χ0) is 21.8. The summed E-state index contributed by atoms with van der Waals surface area (Å²) in [6.07, 6.45) is 20.9. The molecule has 0 aromatic heterocycles. The number of rotatable bonds is 21. The largest absolute Gasteiger partial charge is 0.472 e. The van der Waals surface area contributed by atoms with Crippen molar-refractivity contribution in [2.24, 2.45) is 0 Å². The molecular formula is C25H45O4P. The average molecular weight is 441 g/mol. The fraction of sp³-hybridized carbons (Fsp3) is 0.760. The molecule has 5 heteroatoms. The van der Waals surface area contributed by atoms with E-state index in [9.17, 15) is 9.46 Å². The lowest BCUT2D eigenvalue weighted by atomic mass is 10.0. The summed E-state index contributed by atoms with van der Waals surface area (Å²) in [5.41, 5.74) is 0.859. The van der Waals surface area contributed by atoms with Gasteiger partial charge in [0, 0.05) is 0 Å². The van der Waals surface area contributed by atoms with Crippen LogP contribution in [-0.4, -0.2) is 11.5 Å². The van der Waals surface area contributed by atoms with E-state index in [1.54, 1.807) is 0 Å². The topological polar surface area (TPSA) is 55.8 Å². The standard InChI is InChI=1S/C25H45O4P/c1-2-3-4-5-6-7-8-9-10-11-12-13-14-15-16-20-23-28-30(26,27)29-24-25-21-18-17-19-22-25/h17-19,21-22H,2-16,20,23-24H2,1H3,(H,26,27). The number of phosphoric ester groups is 1. The molecule has 4 nitrogen and oxygen atoms in total. The maximum atomic E-state index is 11.9. The van der Waals surface area contributed by atoms with Crippen molar-refractivity contribution in [1.29, 1.82) is 0 Å². The van der Waals surface area contributed by atoms with Gasteiger partial charge >= 0.3 is 7.82 Å². The highest BCUT2D eigenvalue weighted by Crippen LogP contribution is 2.44. The van der Waals surface area contributed by atoms with E-state index in [0.717, 1.165) is 18.4 Å². The summed E-state index contributed by atoms with van der Waals surface area (Å²) in [7, 11) is -3.95. The van der Waals surface area contributed by atoms with Gasteiger partial charge in [0.15, 0.2) is 0 Å². The van der Waals surface area contributed by atoms with Crippen molar-refractivity contribution in [1.82, 2.24) is 0 Å². The molecule has 0 aliphatic rings. The maximum absolute atomic E-state index is 11.9. The van der Waals surface area contributed by atoms with Crippen molar-refractivity contribution in [3.05, 3.63) is 35.9 Å². The number of hydrogen-bond donors (Lipinski definition) is 1. The third-order valence-corrected chi connectivity index (χ3v) is 6.45. The lowest BCUT2D eigenvalue weighted by Gasteiger charge is -2.12. The van der Waals surface area contributed by atoms with E-state index in [0.29, 0.717) is 0 Å². The molecule has 1 aromatic carbocycles. The van der Waals surface area contributed by atoms with Crippen molar-refractivity contribution in [3.63, 3.8) is 0 Å². The Morgan fingerprint density at radius 3 is 1.57 bits per heavy atom. The van der Waals surface area contributed by atoms with Crippen LogP contribution in [-0.2, 0) is 20.2 Å². The molecule has 0 amide bonds. The first-order valence-electron chi connectivity index (χ1n) is 12.3. The van der Waals surface area contributed by atoms with Gasteiger partial charge in [-0.1, -0.05) is 134 Å². The number of phosphoric acid groups is 1. The van der Waals surface area contributed by atoms with Crippen LogP contribution in [0.2, 0.25) is 0 Å². The van der Waals surface area contributed by atoms with Crippen LogP contribution in [0.4, 0.5) is 0 Å². The van der Waals surface area contributed by atoms with Crippen molar-refractivity contribution in [2.75, 3.05) is 6.61 Å². The maximum Gasteiger partial charge on any atom is 0.472 e. The zero-order valence-corrected chi connectivity index (χ0v) is 20.1. The Morgan fingerprint density at radius 2 is 1.10 bits per heavy atom. The fourth-order valence-corrected chi connectivity index (χ4v) is 4.34.